The lowest BCUT2D eigenvalue weighted by molar-refractivity contribution is -0.126. The monoisotopic (exact) mass is 552 g/mol. The molecule has 3 aromatic rings. The number of hydroxylamine groups is 1. The number of nitrogens with zero attached hydrogens (tertiary/aromatic N) is 2. The fourth-order valence-electron chi connectivity index (χ4n) is 4.74. The molecular weight excluding hydrogens is 528 g/mol. The van der Waals surface area contributed by atoms with E-state index >= 15 is 0 Å². The molecular formula is C27H25BrN2O6. The molecule has 2 heterocycles. The highest BCUT2D eigenvalue weighted by Crippen LogP contribution is 2.50. The molecule has 0 unspecified atom stereocenters. The smallest absolute Gasteiger partial charge is 0.266 e. The number of fused-ring (bicyclic) bond motifs is 1. The molecule has 0 aromatic heterocycles. The first-order valence-corrected chi connectivity index (χ1v) is 12.5. The third kappa shape index (κ3) is 3.98. The van der Waals surface area contributed by atoms with Crippen LogP contribution in [0.25, 0.3) is 0 Å². The topological polar surface area (TPSA) is 88.5 Å². The van der Waals surface area contributed by atoms with Crippen molar-refractivity contribution < 1.29 is 29.0 Å². The second kappa shape index (κ2) is 9.83. The Morgan fingerprint density at radius 1 is 0.917 bits per heavy atom. The van der Waals surface area contributed by atoms with Gasteiger partial charge in [0.1, 0.15) is 11.7 Å². The Morgan fingerprint density at radius 2 is 1.58 bits per heavy atom. The molecule has 0 saturated carbocycles. The van der Waals surface area contributed by atoms with E-state index in [0.29, 0.717) is 40.4 Å². The number of halogens is 1. The van der Waals surface area contributed by atoms with Crippen LogP contribution >= 0.6 is 15.9 Å². The predicted molar refractivity (Wildman–Crippen MR) is 137 cm³/mol. The average molecular weight is 553 g/mol. The first kappa shape index (κ1) is 24.1. The molecule has 2 saturated heterocycles. The fraction of sp³-hybridized carbons (Fsp3) is 0.259. The lowest BCUT2D eigenvalue weighted by Gasteiger charge is -2.29. The fourth-order valence-corrected chi connectivity index (χ4v) is 5.20. The van der Waals surface area contributed by atoms with Gasteiger partial charge in [0.05, 0.1) is 35.1 Å². The minimum atomic E-state index is -1.03. The number of anilines is 2. The normalized spacial score (nSPS) is 21.1. The third-order valence-corrected chi connectivity index (χ3v) is 6.83. The maximum Gasteiger partial charge on any atom is 0.266 e. The first-order valence-electron chi connectivity index (χ1n) is 11.7. The predicted octanol–water partition coefficient (Wildman–Crippen LogP) is 5.00. The van der Waals surface area contributed by atoms with Gasteiger partial charge in [0.15, 0.2) is 17.6 Å². The minimum absolute atomic E-state index is 0.0385. The van der Waals surface area contributed by atoms with Crippen LogP contribution in [0.3, 0.4) is 0 Å². The van der Waals surface area contributed by atoms with Gasteiger partial charge in [0.25, 0.3) is 5.91 Å². The number of amides is 2. The van der Waals surface area contributed by atoms with Crippen molar-refractivity contribution in [1.29, 1.82) is 0 Å². The number of carbonyl (C=O) groups is 2. The number of phenolic OH excluding ortho intramolecular Hbond substituents is 1. The second-order valence-corrected chi connectivity index (χ2v) is 9.21. The van der Waals surface area contributed by atoms with E-state index in [-0.39, 0.29) is 17.4 Å². The Hall–Kier alpha value is -3.56. The summed E-state index contributed by atoms with van der Waals surface area (Å²) in [6, 6.07) is 19.0. The number of aromatic hydroxyl groups is 1. The molecule has 8 nitrogen and oxygen atoms in total. The van der Waals surface area contributed by atoms with E-state index in [9.17, 15) is 14.7 Å². The average Bonchev–Trinajstić information content (AvgIpc) is 3.39. The molecule has 5 rings (SSSR count). The number of ether oxygens (including phenoxy) is 2. The van der Waals surface area contributed by atoms with E-state index in [1.54, 1.807) is 41.5 Å². The molecule has 0 aliphatic carbocycles. The molecule has 36 heavy (non-hydrogen) atoms. The Balaban J connectivity index is 1.62. The van der Waals surface area contributed by atoms with E-state index in [1.165, 1.54) is 0 Å². The van der Waals surface area contributed by atoms with Crippen molar-refractivity contribution in [1.82, 2.24) is 0 Å². The number of hydrogen-bond donors (Lipinski definition) is 1. The summed E-state index contributed by atoms with van der Waals surface area (Å²) in [7, 11) is 0. The van der Waals surface area contributed by atoms with E-state index < -0.39 is 24.0 Å². The molecule has 2 aliphatic heterocycles. The van der Waals surface area contributed by atoms with Gasteiger partial charge in [-0.1, -0.05) is 30.3 Å². The van der Waals surface area contributed by atoms with E-state index in [0.717, 1.165) is 4.90 Å². The number of para-hydroxylation sites is 3. The molecule has 3 aromatic carbocycles. The first-order chi connectivity index (χ1) is 17.5. The van der Waals surface area contributed by atoms with E-state index in [2.05, 4.69) is 15.9 Å². The molecule has 2 amide bonds. The highest BCUT2D eigenvalue weighted by molar-refractivity contribution is 9.10. The van der Waals surface area contributed by atoms with Gasteiger partial charge in [0.2, 0.25) is 5.91 Å². The summed E-state index contributed by atoms with van der Waals surface area (Å²) >= 11 is 3.40. The van der Waals surface area contributed by atoms with Gasteiger partial charge in [-0.15, -0.1) is 0 Å². The maximum atomic E-state index is 13.9. The van der Waals surface area contributed by atoms with Gasteiger partial charge in [-0.25, -0.2) is 9.96 Å². The zero-order valence-electron chi connectivity index (χ0n) is 19.8. The molecule has 1 N–H and O–H groups in total. The van der Waals surface area contributed by atoms with Crippen molar-refractivity contribution in [2.75, 3.05) is 23.2 Å². The summed E-state index contributed by atoms with van der Waals surface area (Å²) in [5.74, 6) is -0.995. The third-order valence-electron chi connectivity index (χ3n) is 6.22. The lowest BCUT2D eigenvalue weighted by atomic mass is 9.90. The Morgan fingerprint density at radius 3 is 2.31 bits per heavy atom. The van der Waals surface area contributed by atoms with Crippen LogP contribution in [0.1, 0.15) is 25.5 Å². The van der Waals surface area contributed by atoms with Crippen molar-refractivity contribution >= 4 is 39.1 Å². The van der Waals surface area contributed by atoms with Crippen LogP contribution in [-0.2, 0) is 14.4 Å². The summed E-state index contributed by atoms with van der Waals surface area (Å²) in [6.45, 7) is 4.40. The van der Waals surface area contributed by atoms with Gasteiger partial charge in [-0.3, -0.25) is 14.4 Å². The van der Waals surface area contributed by atoms with Crippen molar-refractivity contribution in [3.8, 4) is 17.2 Å². The number of hydrogen-bond acceptors (Lipinski definition) is 7. The van der Waals surface area contributed by atoms with Gasteiger partial charge in [0, 0.05) is 0 Å². The number of carbonyl (C=O) groups excluding carboxylic acids is 2. The number of imide groups is 1. The molecule has 0 bridgehead atoms. The Kier molecular flexibility index (Phi) is 6.59. The molecule has 0 radical (unpaired) electrons. The van der Waals surface area contributed by atoms with Crippen LogP contribution in [0.4, 0.5) is 11.4 Å². The standard InChI is InChI=1S/C27H25BrN2O6/c1-3-34-20-13-9-8-12-19(20)29-26(32)22-23(16-14-18(28)24(31)21(15-16)35-4-2)30(36-25(22)27(29)33)17-10-6-5-7-11-17/h5-15,22-23,25,31H,3-4H2,1-2H3/t22-,23+,25-/m1/s1. The zero-order valence-corrected chi connectivity index (χ0v) is 21.3. The number of rotatable bonds is 7. The summed E-state index contributed by atoms with van der Waals surface area (Å²) in [5.41, 5.74) is 1.74. The van der Waals surface area contributed by atoms with Crippen LogP contribution in [0.5, 0.6) is 17.2 Å². The van der Waals surface area contributed by atoms with Gasteiger partial charge in [-0.2, -0.15) is 0 Å². The molecule has 0 spiro atoms. The summed E-state index contributed by atoms with van der Waals surface area (Å²) in [4.78, 5) is 34.9. The van der Waals surface area contributed by atoms with Crippen LogP contribution in [0.2, 0.25) is 0 Å². The van der Waals surface area contributed by atoms with E-state index in [4.69, 9.17) is 14.3 Å². The van der Waals surface area contributed by atoms with Crippen LogP contribution in [-0.4, -0.2) is 36.2 Å². The van der Waals surface area contributed by atoms with Crippen molar-refractivity contribution in [3.63, 3.8) is 0 Å². The van der Waals surface area contributed by atoms with E-state index in [1.807, 2.05) is 44.2 Å². The Labute approximate surface area is 217 Å². The molecule has 9 heteroatoms. The lowest BCUT2D eigenvalue weighted by Crippen LogP contribution is -2.37. The molecule has 2 fully saturated rings. The van der Waals surface area contributed by atoms with Crippen molar-refractivity contribution in [2.24, 2.45) is 5.92 Å². The van der Waals surface area contributed by atoms with Crippen molar-refractivity contribution in [2.45, 2.75) is 26.0 Å². The van der Waals surface area contributed by atoms with Gasteiger partial charge in [-0.05, 0) is 71.7 Å². The molecule has 2 aliphatic rings. The SMILES string of the molecule is CCOc1ccccc1N1C(=O)[C@H]2[C@@H](ON(c3ccccc3)[C@H]2c2cc(Br)c(O)c(OCC)c2)C1=O. The zero-order chi connectivity index (χ0) is 25.4. The van der Waals surface area contributed by atoms with Crippen LogP contribution < -0.4 is 19.4 Å². The molecule has 3 atom stereocenters. The Bertz CT molecular complexity index is 1300. The largest absolute Gasteiger partial charge is 0.503 e. The summed E-state index contributed by atoms with van der Waals surface area (Å²) in [6.07, 6.45) is -1.03. The highest BCUT2D eigenvalue weighted by Gasteiger charge is 2.60. The van der Waals surface area contributed by atoms with Gasteiger partial charge < -0.3 is 14.6 Å². The molecule has 186 valence electrons. The van der Waals surface area contributed by atoms with Gasteiger partial charge >= 0.3 is 0 Å². The van der Waals surface area contributed by atoms with Crippen molar-refractivity contribution in [3.05, 3.63) is 76.8 Å². The number of benzene rings is 3. The summed E-state index contributed by atoms with van der Waals surface area (Å²) in [5, 5.41) is 12.1. The summed E-state index contributed by atoms with van der Waals surface area (Å²) < 4.78 is 11.7. The highest BCUT2D eigenvalue weighted by atomic mass is 79.9. The number of phenols is 1. The van der Waals surface area contributed by atoms with Crippen LogP contribution in [0, 0.1) is 5.92 Å². The maximum absolute atomic E-state index is 13.9. The quantitative estimate of drug-likeness (QED) is 0.412. The minimum Gasteiger partial charge on any atom is -0.503 e. The van der Waals surface area contributed by atoms with Crippen LogP contribution in [0.15, 0.2) is 71.2 Å². The second-order valence-electron chi connectivity index (χ2n) is 8.35.